The fourth-order valence-corrected chi connectivity index (χ4v) is 0.957. The van der Waals surface area contributed by atoms with Gasteiger partial charge in [0.2, 0.25) is 0 Å². The van der Waals surface area contributed by atoms with Crippen LogP contribution in [0, 0.1) is 5.82 Å². The van der Waals surface area contributed by atoms with E-state index in [1.165, 1.54) is 18.2 Å². The first kappa shape index (κ1) is 9.83. The predicted octanol–water partition coefficient (Wildman–Crippen LogP) is 0.420. The Balaban J connectivity index is 2.95. The maximum atomic E-state index is 12.9. The van der Waals surface area contributed by atoms with Gasteiger partial charge in [-0.05, 0) is 6.07 Å². The highest BCUT2D eigenvalue weighted by Crippen LogP contribution is 2.16. The highest BCUT2D eigenvalue weighted by Gasteiger charge is 2.18. The molecule has 0 saturated carbocycles. The van der Waals surface area contributed by atoms with Crippen LogP contribution in [0.4, 0.5) is 4.39 Å². The quantitative estimate of drug-likeness (QED) is 0.715. The summed E-state index contributed by atoms with van der Waals surface area (Å²) in [7, 11) is 0. The molecule has 1 rings (SSSR count). The maximum absolute atomic E-state index is 12.9. The summed E-state index contributed by atoms with van der Waals surface area (Å²) in [5.41, 5.74) is -0.110. The summed E-state index contributed by atoms with van der Waals surface area (Å²) in [5, 5.41) is 17.6. The molecule has 1 aromatic rings. The highest BCUT2D eigenvalue weighted by atomic mass is 19.1. The molecule has 2 N–H and O–H groups in total. The number of carbonyl (C=O) groups is 1. The number of halogens is 1. The van der Waals surface area contributed by atoms with Crippen LogP contribution in [0.3, 0.4) is 0 Å². The molecule has 3 nitrogen and oxygen atoms in total. The van der Waals surface area contributed by atoms with Gasteiger partial charge in [0.15, 0.2) is 5.78 Å². The second-order valence-corrected chi connectivity index (χ2v) is 2.55. The smallest absolute Gasteiger partial charge is 0.191 e. The van der Waals surface area contributed by atoms with E-state index in [2.05, 4.69) is 0 Å². The standard InChI is InChI=1S/C9H9FO3/c10-7-4-2-1-3-6(7)9(13)8(12)5-11/h1-4,9,11,13H,5H2/t9-/m0/s1. The minimum atomic E-state index is -1.58. The van der Waals surface area contributed by atoms with Crippen molar-refractivity contribution >= 4 is 5.78 Å². The van der Waals surface area contributed by atoms with Crippen molar-refractivity contribution in [1.29, 1.82) is 0 Å². The topological polar surface area (TPSA) is 57.5 Å². The van der Waals surface area contributed by atoms with Crippen LogP contribution < -0.4 is 0 Å². The zero-order chi connectivity index (χ0) is 9.84. The summed E-state index contributed by atoms with van der Waals surface area (Å²) in [5.74, 6) is -1.47. The lowest BCUT2D eigenvalue weighted by molar-refractivity contribution is -0.130. The second-order valence-electron chi connectivity index (χ2n) is 2.55. The van der Waals surface area contributed by atoms with Crippen molar-refractivity contribution < 1.29 is 19.4 Å². The van der Waals surface area contributed by atoms with Crippen LogP contribution in [0.1, 0.15) is 11.7 Å². The van der Waals surface area contributed by atoms with Gasteiger partial charge >= 0.3 is 0 Å². The molecule has 0 unspecified atom stereocenters. The number of ketones is 1. The Morgan fingerprint density at radius 3 is 2.62 bits per heavy atom. The Labute approximate surface area is 74.4 Å². The van der Waals surface area contributed by atoms with Gasteiger partial charge in [-0.2, -0.15) is 0 Å². The van der Waals surface area contributed by atoms with Crippen LogP contribution in [0.5, 0.6) is 0 Å². The van der Waals surface area contributed by atoms with Crippen LogP contribution in [0.25, 0.3) is 0 Å². The monoisotopic (exact) mass is 184 g/mol. The average molecular weight is 184 g/mol. The first-order valence-electron chi connectivity index (χ1n) is 3.73. The number of carbonyl (C=O) groups excluding carboxylic acids is 1. The fraction of sp³-hybridized carbons (Fsp3) is 0.222. The van der Waals surface area contributed by atoms with Crippen LogP contribution >= 0.6 is 0 Å². The Kier molecular flexibility index (Phi) is 3.11. The van der Waals surface area contributed by atoms with Crippen molar-refractivity contribution in [3.8, 4) is 0 Å². The van der Waals surface area contributed by atoms with Gasteiger partial charge in [-0.1, -0.05) is 18.2 Å². The maximum Gasteiger partial charge on any atom is 0.191 e. The Morgan fingerprint density at radius 2 is 2.08 bits per heavy atom. The van der Waals surface area contributed by atoms with E-state index in [0.717, 1.165) is 6.07 Å². The Bertz CT molecular complexity index is 311. The number of aliphatic hydroxyl groups excluding tert-OH is 2. The van der Waals surface area contributed by atoms with Gasteiger partial charge in [0.05, 0.1) is 0 Å². The zero-order valence-electron chi connectivity index (χ0n) is 6.77. The minimum absolute atomic E-state index is 0.110. The molecule has 0 aliphatic carbocycles. The molecule has 0 aliphatic rings. The van der Waals surface area contributed by atoms with Gasteiger partial charge in [-0.25, -0.2) is 4.39 Å². The van der Waals surface area contributed by atoms with Gasteiger partial charge < -0.3 is 10.2 Å². The van der Waals surface area contributed by atoms with Gasteiger partial charge in [0.25, 0.3) is 0 Å². The third-order valence-electron chi connectivity index (χ3n) is 1.66. The van der Waals surface area contributed by atoms with E-state index in [4.69, 9.17) is 5.11 Å². The molecule has 0 saturated heterocycles. The summed E-state index contributed by atoms with van der Waals surface area (Å²) in [6, 6.07) is 5.40. The van der Waals surface area contributed by atoms with Crippen molar-refractivity contribution in [3.63, 3.8) is 0 Å². The van der Waals surface area contributed by atoms with Crippen LogP contribution in [0.2, 0.25) is 0 Å². The number of hydrogen-bond acceptors (Lipinski definition) is 3. The largest absolute Gasteiger partial charge is 0.388 e. The average Bonchev–Trinajstić information content (AvgIpc) is 2.16. The van der Waals surface area contributed by atoms with E-state index in [-0.39, 0.29) is 5.56 Å². The summed E-state index contributed by atoms with van der Waals surface area (Å²) in [6.07, 6.45) is -1.58. The molecule has 0 aromatic heterocycles. The molecule has 1 atom stereocenters. The van der Waals surface area contributed by atoms with E-state index in [1.54, 1.807) is 0 Å². The van der Waals surface area contributed by atoms with Crippen molar-refractivity contribution in [2.75, 3.05) is 6.61 Å². The number of hydrogen-bond donors (Lipinski definition) is 2. The molecule has 0 spiro atoms. The summed E-state index contributed by atoms with van der Waals surface area (Å²) >= 11 is 0. The third-order valence-corrected chi connectivity index (χ3v) is 1.66. The predicted molar refractivity (Wildman–Crippen MR) is 43.5 cm³/mol. The van der Waals surface area contributed by atoms with Gasteiger partial charge in [-0.15, -0.1) is 0 Å². The lowest BCUT2D eigenvalue weighted by Gasteiger charge is -2.08. The Morgan fingerprint density at radius 1 is 1.46 bits per heavy atom. The van der Waals surface area contributed by atoms with Crippen LogP contribution in [-0.4, -0.2) is 22.6 Å². The SMILES string of the molecule is O=C(CO)[C@@H](O)c1ccccc1F. The molecule has 0 radical (unpaired) electrons. The van der Waals surface area contributed by atoms with E-state index >= 15 is 0 Å². The van der Waals surface area contributed by atoms with Crippen LogP contribution in [0.15, 0.2) is 24.3 Å². The van der Waals surface area contributed by atoms with Crippen molar-refractivity contribution in [2.24, 2.45) is 0 Å². The van der Waals surface area contributed by atoms with E-state index in [1.807, 2.05) is 0 Å². The highest BCUT2D eigenvalue weighted by molar-refractivity contribution is 5.85. The van der Waals surface area contributed by atoms with Crippen LogP contribution in [-0.2, 0) is 4.79 Å². The minimum Gasteiger partial charge on any atom is -0.388 e. The fourth-order valence-electron chi connectivity index (χ4n) is 0.957. The molecule has 0 aliphatic heterocycles. The normalized spacial score (nSPS) is 12.5. The number of rotatable bonds is 3. The van der Waals surface area contributed by atoms with Gasteiger partial charge in [0.1, 0.15) is 18.5 Å². The van der Waals surface area contributed by atoms with E-state index in [9.17, 15) is 14.3 Å². The lowest BCUT2D eigenvalue weighted by atomic mass is 10.1. The molecule has 1 aromatic carbocycles. The number of aliphatic hydroxyl groups is 2. The molecular formula is C9H9FO3. The first-order chi connectivity index (χ1) is 6.16. The summed E-state index contributed by atoms with van der Waals surface area (Å²) < 4.78 is 12.9. The van der Waals surface area contributed by atoms with Crippen molar-refractivity contribution in [3.05, 3.63) is 35.6 Å². The Hall–Kier alpha value is -1.26. The summed E-state index contributed by atoms with van der Waals surface area (Å²) in [6.45, 7) is -0.796. The number of benzene rings is 1. The zero-order valence-corrected chi connectivity index (χ0v) is 6.77. The van der Waals surface area contributed by atoms with Crippen molar-refractivity contribution in [2.45, 2.75) is 6.10 Å². The molecule has 13 heavy (non-hydrogen) atoms. The van der Waals surface area contributed by atoms with E-state index in [0.29, 0.717) is 0 Å². The molecule has 0 heterocycles. The molecule has 0 amide bonds. The number of Topliss-reactive ketones (excluding diaryl/α,β-unsaturated/α-hetero) is 1. The molecular weight excluding hydrogens is 175 g/mol. The first-order valence-corrected chi connectivity index (χ1v) is 3.73. The molecule has 4 heteroatoms. The summed E-state index contributed by atoms with van der Waals surface area (Å²) in [4.78, 5) is 10.8. The third kappa shape index (κ3) is 2.11. The molecule has 0 fully saturated rings. The molecule has 70 valence electrons. The van der Waals surface area contributed by atoms with Gasteiger partial charge in [0, 0.05) is 5.56 Å². The van der Waals surface area contributed by atoms with Gasteiger partial charge in [-0.3, -0.25) is 4.79 Å². The van der Waals surface area contributed by atoms with E-state index < -0.39 is 24.3 Å². The second kappa shape index (κ2) is 4.11. The van der Waals surface area contributed by atoms with Crippen molar-refractivity contribution in [1.82, 2.24) is 0 Å². The lowest BCUT2D eigenvalue weighted by Crippen LogP contribution is -2.16. The molecule has 0 bridgehead atoms.